The SMILES string of the molecule is CC(=O)N1CCC[C@H](c2cc(C)c3cc(C(=O)N(C)C)sc3c2F)C1. The fraction of sp³-hybridized carbons (Fsp3) is 0.474. The van der Waals surface area contributed by atoms with E-state index in [9.17, 15) is 9.59 Å². The van der Waals surface area contributed by atoms with Gasteiger partial charge in [-0.25, -0.2) is 4.39 Å². The van der Waals surface area contributed by atoms with Crippen LogP contribution in [-0.4, -0.2) is 48.8 Å². The van der Waals surface area contributed by atoms with E-state index in [0.29, 0.717) is 21.7 Å². The Balaban J connectivity index is 2.04. The van der Waals surface area contributed by atoms with Gasteiger partial charge in [0.2, 0.25) is 5.91 Å². The number of hydrogen-bond donors (Lipinski definition) is 0. The van der Waals surface area contributed by atoms with Crippen molar-refractivity contribution in [1.82, 2.24) is 9.80 Å². The minimum atomic E-state index is -0.237. The molecule has 0 aliphatic carbocycles. The molecule has 25 heavy (non-hydrogen) atoms. The van der Waals surface area contributed by atoms with Crippen molar-refractivity contribution in [1.29, 1.82) is 0 Å². The number of carbonyl (C=O) groups is 2. The molecule has 1 aliphatic heterocycles. The van der Waals surface area contributed by atoms with Crippen molar-refractivity contribution in [2.45, 2.75) is 32.6 Å². The molecule has 0 radical (unpaired) electrons. The number of thiophene rings is 1. The number of fused-ring (bicyclic) bond motifs is 1. The van der Waals surface area contributed by atoms with Crippen LogP contribution in [0.2, 0.25) is 0 Å². The number of likely N-dealkylation sites (tertiary alicyclic amines) is 1. The van der Waals surface area contributed by atoms with Crippen molar-refractivity contribution in [2.75, 3.05) is 27.2 Å². The lowest BCUT2D eigenvalue weighted by atomic mass is 9.88. The molecular weight excluding hydrogens is 339 g/mol. The molecule has 1 aromatic heterocycles. The number of rotatable bonds is 2. The van der Waals surface area contributed by atoms with Gasteiger partial charge in [0, 0.05) is 40.0 Å². The van der Waals surface area contributed by atoms with Crippen molar-refractivity contribution in [2.24, 2.45) is 0 Å². The topological polar surface area (TPSA) is 40.6 Å². The van der Waals surface area contributed by atoms with E-state index >= 15 is 4.39 Å². The van der Waals surface area contributed by atoms with Crippen molar-refractivity contribution in [3.8, 4) is 0 Å². The van der Waals surface area contributed by atoms with Crippen LogP contribution in [-0.2, 0) is 4.79 Å². The zero-order valence-electron chi connectivity index (χ0n) is 15.1. The van der Waals surface area contributed by atoms with Crippen molar-refractivity contribution >= 4 is 33.2 Å². The maximum absolute atomic E-state index is 15.2. The Morgan fingerprint density at radius 1 is 1.32 bits per heavy atom. The zero-order chi connectivity index (χ0) is 18.3. The van der Waals surface area contributed by atoms with Crippen LogP contribution in [0.3, 0.4) is 0 Å². The first kappa shape index (κ1) is 17.9. The second kappa shape index (κ2) is 6.75. The number of piperidine rings is 1. The number of halogens is 1. The molecule has 4 nitrogen and oxygen atoms in total. The summed E-state index contributed by atoms with van der Waals surface area (Å²) in [5, 5.41) is 0.802. The molecule has 0 N–H and O–H groups in total. The first-order chi connectivity index (χ1) is 11.8. The molecule has 0 bridgehead atoms. The Kier molecular flexibility index (Phi) is 4.82. The molecule has 1 fully saturated rings. The monoisotopic (exact) mass is 362 g/mol. The van der Waals surface area contributed by atoms with E-state index in [1.54, 1.807) is 32.0 Å². The van der Waals surface area contributed by atoms with E-state index in [0.717, 1.165) is 30.3 Å². The summed E-state index contributed by atoms with van der Waals surface area (Å²) in [6.45, 7) is 4.82. The summed E-state index contributed by atoms with van der Waals surface area (Å²) in [5.74, 6) is -0.297. The summed E-state index contributed by atoms with van der Waals surface area (Å²) < 4.78 is 15.8. The lowest BCUT2D eigenvalue weighted by Gasteiger charge is -2.32. The largest absolute Gasteiger partial charge is 0.344 e. The molecule has 2 amide bonds. The molecular formula is C19H23FN2O2S. The van der Waals surface area contributed by atoms with E-state index in [-0.39, 0.29) is 23.5 Å². The van der Waals surface area contributed by atoms with Gasteiger partial charge < -0.3 is 9.80 Å². The Morgan fingerprint density at radius 3 is 2.68 bits per heavy atom. The molecule has 1 aromatic carbocycles. The third-order valence-electron chi connectivity index (χ3n) is 4.91. The van der Waals surface area contributed by atoms with Gasteiger partial charge in [-0.15, -0.1) is 11.3 Å². The third-order valence-corrected chi connectivity index (χ3v) is 6.02. The Hall–Kier alpha value is -1.95. The van der Waals surface area contributed by atoms with Gasteiger partial charge in [0.15, 0.2) is 0 Å². The van der Waals surface area contributed by atoms with Crippen molar-refractivity contribution in [3.63, 3.8) is 0 Å². The molecule has 134 valence electrons. The highest BCUT2D eigenvalue weighted by atomic mass is 32.1. The summed E-state index contributed by atoms with van der Waals surface area (Å²) >= 11 is 1.21. The molecule has 6 heteroatoms. The first-order valence-corrected chi connectivity index (χ1v) is 9.31. The van der Waals surface area contributed by atoms with Gasteiger partial charge >= 0.3 is 0 Å². The van der Waals surface area contributed by atoms with E-state index in [1.807, 2.05) is 13.0 Å². The summed E-state index contributed by atoms with van der Waals surface area (Å²) in [6, 6.07) is 3.68. The number of nitrogens with zero attached hydrogens (tertiary/aromatic N) is 2. The van der Waals surface area contributed by atoms with Gasteiger partial charge in [-0.05, 0) is 42.3 Å². The van der Waals surface area contributed by atoms with Crippen LogP contribution in [0.25, 0.3) is 10.1 Å². The molecule has 1 saturated heterocycles. The van der Waals surface area contributed by atoms with Crippen LogP contribution in [0.15, 0.2) is 12.1 Å². The second-order valence-corrected chi connectivity index (χ2v) is 8.01. The maximum Gasteiger partial charge on any atom is 0.263 e. The molecule has 2 aromatic rings. The summed E-state index contributed by atoms with van der Waals surface area (Å²) in [4.78, 5) is 27.7. The van der Waals surface area contributed by atoms with Crippen LogP contribution in [0.4, 0.5) is 4.39 Å². The van der Waals surface area contributed by atoms with Crippen LogP contribution >= 0.6 is 11.3 Å². The van der Waals surface area contributed by atoms with Crippen LogP contribution in [0.1, 0.15) is 46.5 Å². The number of amides is 2. The van der Waals surface area contributed by atoms with Gasteiger partial charge in [-0.1, -0.05) is 6.07 Å². The average Bonchev–Trinajstić information content (AvgIpc) is 3.03. The zero-order valence-corrected chi connectivity index (χ0v) is 15.9. The molecule has 1 aliphatic rings. The summed E-state index contributed by atoms with van der Waals surface area (Å²) in [6.07, 6.45) is 1.76. The maximum atomic E-state index is 15.2. The van der Waals surface area contributed by atoms with Gasteiger partial charge in [0.05, 0.1) is 9.58 Å². The minimum Gasteiger partial charge on any atom is -0.344 e. The fourth-order valence-electron chi connectivity index (χ4n) is 3.49. The number of carbonyl (C=O) groups excluding carboxylic acids is 2. The van der Waals surface area contributed by atoms with Crippen LogP contribution in [0.5, 0.6) is 0 Å². The highest BCUT2D eigenvalue weighted by Crippen LogP contribution is 2.37. The molecule has 1 atom stereocenters. The van der Waals surface area contributed by atoms with Gasteiger partial charge in [-0.3, -0.25) is 9.59 Å². The minimum absolute atomic E-state index is 0.0100. The third kappa shape index (κ3) is 3.27. The van der Waals surface area contributed by atoms with E-state index in [4.69, 9.17) is 0 Å². The number of aryl methyl sites for hydroxylation is 1. The summed E-state index contributed by atoms with van der Waals surface area (Å²) in [5.41, 5.74) is 1.64. The smallest absolute Gasteiger partial charge is 0.263 e. The lowest BCUT2D eigenvalue weighted by Crippen LogP contribution is -2.37. The molecule has 3 rings (SSSR count). The Bertz CT molecular complexity index is 844. The molecule has 0 saturated carbocycles. The van der Waals surface area contributed by atoms with E-state index in [1.165, 1.54) is 16.2 Å². The Labute approximate surface area is 151 Å². The van der Waals surface area contributed by atoms with Crippen LogP contribution < -0.4 is 0 Å². The number of benzene rings is 1. The standard InChI is InChI=1S/C19H23FN2O2S/c1-11-8-15(13-6-5-7-22(10-13)12(2)23)17(20)18-14(11)9-16(25-18)19(24)21(3)4/h8-9,13H,5-7,10H2,1-4H3/t13-/m0/s1. The second-order valence-electron chi connectivity index (χ2n) is 6.95. The van der Waals surface area contributed by atoms with Crippen molar-refractivity contribution < 1.29 is 14.0 Å². The van der Waals surface area contributed by atoms with Gasteiger partial charge in [0.1, 0.15) is 5.82 Å². The molecule has 0 unspecified atom stereocenters. The quantitative estimate of drug-likeness (QED) is 0.816. The van der Waals surface area contributed by atoms with Crippen LogP contribution in [0, 0.1) is 12.7 Å². The molecule has 0 spiro atoms. The predicted molar refractivity (Wildman–Crippen MR) is 98.8 cm³/mol. The lowest BCUT2D eigenvalue weighted by molar-refractivity contribution is -0.130. The van der Waals surface area contributed by atoms with Gasteiger partial charge in [-0.2, -0.15) is 0 Å². The summed E-state index contributed by atoms with van der Waals surface area (Å²) in [7, 11) is 3.39. The predicted octanol–water partition coefficient (Wildman–Crippen LogP) is 3.78. The normalized spacial score (nSPS) is 17.8. The fourth-order valence-corrected chi connectivity index (χ4v) is 4.70. The first-order valence-electron chi connectivity index (χ1n) is 8.49. The van der Waals surface area contributed by atoms with E-state index < -0.39 is 0 Å². The highest BCUT2D eigenvalue weighted by Gasteiger charge is 2.27. The average molecular weight is 362 g/mol. The van der Waals surface area contributed by atoms with Gasteiger partial charge in [0.25, 0.3) is 5.91 Å². The molecule has 2 heterocycles. The van der Waals surface area contributed by atoms with E-state index in [2.05, 4.69) is 0 Å². The number of hydrogen-bond acceptors (Lipinski definition) is 3. The Morgan fingerprint density at radius 2 is 2.04 bits per heavy atom. The van der Waals surface area contributed by atoms with Crippen molar-refractivity contribution in [3.05, 3.63) is 34.0 Å². The highest BCUT2D eigenvalue weighted by molar-refractivity contribution is 7.20.